The van der Waals surface area contributed by atoms with Crippen LogP contribution in [-0.2, 0) is 6.42 Å². The minimum atomic E-state index is 0.163. The highest BCUT2D eigenvalue weighted by molar-refractivity contribution is 6.08. The molecule has 1 aromatic carbocycles. The summed E-state index contributed by atoms with van der Waals surface area (Å²) in [7, 11) is 0. The molecular weight excluding hydrogens is 246 g/mol. The van der Waals surface area contributed by atoms with Crippen LogP contribution in [0.15, 0.2) is 24.4 Å². The summed E-state index contributed by atoms with van der Waals surface area (Å²) in [5.41, 5.74) is 3.38. The number of carbonyl (C=O) groups is 1. The van der Waals surface area contributed by atoms with Crippen LogP contribution in [0.1, 0.15) is 57.0 Å². The van der Waals surface area contributed by atoms with E-state index in [-0.39, 0.29) is 11.2 Å². The van der Waals surface area contributed by atoms with Crippen LogP contribution in [0.25, 0.3) is 10.9 Å². The molecule has 0 saturated carbocycles. The first-order valence-corrected chi connectivity index (χ1v) is 7.46. The molecule has 1 N–H and O–H groups in total. The molecule has 0 aliphatic rings. The zero-order chi connectivity index (χ0) is 14.9. The van der Waals surface area contributed by atoms with Crippen molar-refractivity contribution in [2.45, 2.75) is 47.5 Å². The second kappa shape index (κ2) is 5.43. The molecule has 108 valence electrons. The van der Waals surface area contributed by atoms with Gasteiger partial charge in [0, 0.05) is 29.1 Å². The van der Waals surface area contributed by atoms with Crippen LogP contribution < -0.4 is 0 Å². The lowest BCUT2D eigenvalue weighted by molar-refractivity contribution is 0.0929. The number of aryl methyl sites for hydroxylation is 1. The van der Waals surface area contributed by atoms with E-state index in [2.05, 4.69) is 45.7 Å². The molecule has 2 rings (SSSR count). The van der Waals surface area contributed by atoms with Crippen LogP contribution in [-0.4, -0.2) is 10.8 Å². The molecular formula is C18H25NO. The summed E-state index contributed by atoms with van der Waals surface area (Å²) in [6.07, 6.45) is 3.46. The average Bonchev–Trinajstić information content (AvgIpc) is 2.81. The quantitative estimate of drug-likeness (QED) is 0.781. The van der Waals surface area contributed by atoms with Gasteiger partial charge in [-0.1, -0.05) is 52.8 Å². The van der Waals surface area contributed by atoms with Gasteiger partial charge in [-0.2, -0.15) is 0 Å². The number of H-pyrrole nitrogens is 1. The van der Waals surface area contributed by atoms with Crippen LogP contribution >= 0.6 is 0 Å². The number of benzene rings is 1. The number of hydrogen-bond acceptors (Lipinski definition) is 1. The summed E-state index contributed by atoms with van der Waals surface area (Å²) >= 11 is 0. The lowest BCUT2D eigenvalue weighted by Crippen LogP contribution is -2.20. The average molecular weight is 271 g/mol. The predicted octanol–water partition coefficient (Wildman–Crippen LogP) is 4.99. The van der Waals surface area contributed by atoms with Crippen molar-refractivity contribution in [3.8, 4) is 0 Å². The smallest absolute Gasteiger partial charge is 0.165 e. The van der Waals surface area contributed by atoms with Gasteiger partial charge in [-0.3, -0.25) is 4.79 Å². The van der Waals surface area contributed by atoms with Crippen LogP contribution in [0.5, 0.6) is 0 Å². The van der Waals surface area contributed by atoms with E-state index in [0.29, 0.717) is 12.3 Å². The van der Waals surface area contributed by atoms with E-state index < -0.39 is 0 Å². The van der Waals surface area contributed by atoms with Crippen molar-refractivity contribution in [3.63, 3.8) is 0 Å². The second-order valence-corrected chi connectivity index (χ2v) is 6.79. The second-order valence-electron chi connectivity index (χ2n) is 6.79. The van der Waals surface area contributed by atoms with Crippen molar-refractivity contribution in [2.24, 2.45) is 11.3 Å². The third-order valence-corrected chi connectivity index (χ3v) is 4.45. The number of fused-ring (bicyclic) bond motifs is 1. The van der Waals surface area contributed by atoms with Crippen molar-refractivity contribution in [1.29, 1.82) is 0 Å². The maximum absolute atomic E-state index is 12.6. The molecule has 1 atom stereocenters. The number of hydrogen-bond donors (Lipinski definition) is 1. The summed E-state index contributed by atoms with van der Waals surface area (Å²) in [5.74, 6) is 0.612. The van der Waals surface area contributed by atoms with Crippen LogP contribution in [0.4, 0.5) is 0 Å². The molecule has 20 heavy (non-hydrogen) atoms. The SMILES string of the molecule is CCc1cccc2c(C(=O)CC(C)C(C)(C)C)c[nH]c12. The van der Waals surface area contributed by atoms with Gasteiger partial charge >= 0.3 is 0 Å². The lowest BCUT2D eigenvalue weighted by atomic mass is 9.78. The predicted molar refractivity (Wildman–Crippen MR) is 85.2 cm³/mol. The first kappa shape index (κ1) is 14.8. The van der Waals surface area contributed by atoms with Gasteiger partial charge in [0.1, 0.15) is 0 Å². The van der Waals surface area contributed by atoms with Gasteiger partial charge in [0.15, 0.2) is 5.78 Å². The number of carbonyl (C=O) groups excluding carboxylic acids is 1. The van der Waals surface area contributed by atoms with Crippen LogP contribution in [0.2, 0.25) is 0 Å². The van der Waals surface area contributed by atoms with Gasteiger partial charge in [-0.05, 0) is 23.3 Å². The molecule has 1 heterocycles. The first-order valence-electron chi connectivity index (χ1n) is 7.46. The van der Waals surface area contributed by atoms with Crippen molar-refractivity contribution in [3.05, 3.63) is 35.5 Å². The zero-order valence-corrected chi connectivity index (χ0v) is 13.2. The largest absolute Gasteiger partial charge is 0.360 e. The Bertz CT molecular complexity index is 616. The van der Waals surface area contributed by atoms with Crippen LogP contribution in [0, 0.1) is 11.3 Å². The Morgan fingerprint density at radius 2 is 2.00 bits per heavy atom. The van der Waals surface area contributed by atoms with E-state index in [9.17, 15) is 4.79 Å². The first-order chi connectivity index (χ1) is 9.34. The van der Waals surface area contributed by atoms with Crippen molar-refractivity contribution in [1.82, 2.24) is 4.98 Å². The van der Waals surface area contributed by atoms with Gasteiger partial charge in [0.05, 0.1) is 0 Å². The molecule has 0 bridgehead atoms. The molecule has 0 saturated heterocycles. The number of Topliss-reactive ketones (excluding diaryl/α,β-unsaturated/α-hetero) is 1. The van der Waals surface area contributed by atoms with E-state index in [0.717, 1.165) is 22.9 Å². The molecule has 1 aromatic heterocycles. The van der Waals surface area contributed by atoms with Gasteiger partial charge in [-0.25, -0.2) is 0 Å². The monoisotopic (exact) mass is 271 g/mol. The molecule has 2 aromatic rings. The highest BCUT2D eigenvalue weighted by Crippen LogP contribution is 2.31. The fourth-order valence-electron chi connectivity index (χ4n) is 2.44. The van der Waals surface area contributed by atoms with Gasteiger partial charge in [0.2, 0.25) is 0 Å². The summed E-state index contributed by atoms with van der Waals surface area (Å²) in [4.78, 5) is 15.8. The Labute approximate surface area is 121 Å². The fourth-order valence-corrected chi connectivity index (χ4v) is 2.44. The third kappa shape index (κ3) is 2.79. The lowest BCUT2D eigenvalue weighted by Gasteiger charge is -2.26. The summed E-state index contributed by atoms with van der Waals surface area (Å²) in [6.45, 7) is 10.9. The molecule has 2 heteroatoms. The van der Waals surface area contributed by atoms with Crippen LogP contribution in [0.3, 0.4) is 0 Å². The molecule has 0 aliphatic carbocycles. The Morgan fingerprint density at radius 3 is 2.60 bits per heavy atom. The third-order valence-electron chi connectivity index (χ3n) is 4.45. The fraction of sp³-hybridized carbons (Fsp3) is 0.500. The summed E-state index contributed by atoms with van der Waals surface area (Å²) in [6, 6.07) is 6.20. The number of ketones is 1. The maximum atomic E-state index is 12.6. The summed E-state index contributed by atoms with van der Waals surface area (Å²) in [5, 5.41) is 1.07. The van der Waals surface area contributed by atoms with Gasteiger partial charge in [0.25, 0.3) is 0 Å². The number of nitrogens with one attached hydrogen (secondary N) is 1. The number of aromatic amines is 1. The highest BCUT2D eigenvalue weighted by atomic mass is 16.1. The van der Waals surface area contributed by atoms with Crippen molar-refractivity contribution >= 4 is 16.7 Å². The number of aromatic nitrogens is 1. The normalized spacial score (nSPS) is 13.7. The van der Waals surface area contributed by atoms with Gasteiger partial charge in [-0.15, -0.1) is 0 Å². The molecule has 0 aliphatic heterocycles. The van der Waals surface area contributed by atoms with Crippen molar-refractivity contribution < 1.29 is 4.79 Å². The standard InChI is InChI=1S/C18H25NO/c1-6-13-8-7-9-14-15(11-19-17(13)14)16(20)10-12(2)18(3,4)5/h7-9,11-12,19H,6,10H2,1-5H3. The molecule has 0 amide bonds. The van der Waals surface area contributed by atoms with Gasteiger partial charge < -0.3 is 4.98 Å². The Hall–Kier alpha value is -1.57. The molecule has 0 radical (unpaired) electrons. The van der Waals surface area contributed by atoms with E-state index in [1.165, 1.54) is 5.56 Å². The van der Waals surface area contributed by atoms with E-state index in [1.54, 1.807) is 0 Å². The highest BCUT2D eigenvalue weighted by Gasteiger charge is 2.24. The zero-order valence-electron chi connectivity index (χ0n) is 13.2. The van der Waals surface area contributed by atoms with E-state index >= 15 is 0 Å². The Morgan fingerprint density at radius 1 is 1.30 bits per heavy atom. The number of para-hydroxylation sites is 1. The topological polar surface area (TPSA) is 32.9 Å². The number of rotatable bonds is 4. The molecule has 0 fully saturated rings. The Kier molecular flexibility index (Phi) is 4.03. The van der Waals surface area contributed by atoms with Crippen molar-refractivity contribution in [2.75, 3.05) is 0 Å². The maximum Gasteiger partial charge on any atom is 0.165 e. The molecule has 2 nitrogen and oxygen atoms in total. The summed E-state index contributed by atoms with van der Waals surface area (Å²) < 4.78 is 0. The van der Waals surface area contributed by atoms with E-state index in [1.807, 2.05) is 18.3 Å². The Balaban J connectivity index is 2.32. The van der Waals surface area contributed by atoms with E-state index in [4.69, 9.17) is 0 Å². The molecule has 0 spiro atoms. The minimum absolute atomic E-state index is 0.163. The minimum Gasteiger partial charge on any atom is -0.360 e. The molecule has 1 unspecified atom stereocenters.